The minimum atomic E-state index is -3.28. The lowest BCUT2D eigenvalue weighted by Gasteiger charge is -2.44. The first-order valence-corrected chi connectivity index (χ1v) is 12.2. The van der Waals surface area contributed by atoms with E-state index >= 15 is 0 Å². The lowest BCUT2D eigenvalue weighted by atomic mass is 9.83. The molecule has 0 radical (unpaired) electrons. The quantitative estimate of drug-likeness (QED) is 0.795. The fourth-order valence-electron chi connectivity index (χ4n) is 4.37. The van der Waals surface area contributed by atoms with Gasteiger partial charge in [-0.15, -0.1) is 0 Å². The van der Waals surface area contributed by atoms with Crippen molar-refractivity contribution < 1.29 is 13.2 Å². The van der Waals surface area contributed by atoms with E-state index in [1.807, 2.05) is 36.4 Å². The van der Waals surface area contributed by atoms with E-state index in [2.05, 4.69) is 15.7 Å². The minimum Gasteiger partial charge on any atom is -0.487 e. The number of nitrogens with zero attached hydrogens (tertiary/aromatic N) is 2. The van der Waals surface area contributed by atoms with Gasteiger partial charge in [-0.1, -0.05) is 12.1 Å². The summed E-state index contributed by atoms with van der Waals surface area (Å²) >= 11 is 0. The van der Waals surface area contributed by atoms with Gasteiger partial charge in [-0.2, -0.15) is 5.26 Å². The van der Waals surface area contributed by atoms with Crippen LogP contribution in [0.2, 0.25) is 0 Å². The summed E-state index contributed by atoms with van der Waals surface area (Å²) in [6, 6.07) is 15.5. The first-order chi connectivity index (χ1) is 14.3. The molecule has 158 valence electrons. The number of anilines is 1. The van der Waals surface area contributed by atoms with Crippen molar-refractivity contribution in [3.8, 4) is 11.8 Å². The second-order valence-corrected chi connectivity index (χ2v) is 10.1. The van der Waals surface area contributed by atoms with E-state index in [1.165, 1.54) is 5.56 Å². The van der Waals surface area contributed by atoms with E-state index in [4.69, 9.17) is 10.00 Å². The average molecular weight is 426 g/mol. The second kappa shape index (κ2) is 8.29. The van der Waals surface area contributed by atoms with Crippen LogP contribution >= 0.6 is 0 Å². The van der Waals surface area contributed by atoms with E-state index in [-0.39, 0.29) is 5.60 Å². The molecule has 2 heterocycles. The molecule has 2 aromatic rings. The zero-order chi connectivity index (χ0) is 21.2. The summed E-state index contributed by atoms with van der Waals surface area (Å²) in [5, 5.41) is 8.91. The maximum atomic E-state index is 11.5. The average Bonchev–Trinajstić information content (AvgIpc) is 2.73. The second-order valence-electron chi connectivity index (χ2n) is 8.38. The van der Waals surface area contributed by atoms with Crippen LogP contribution < -0.4 is 9.46 Å². The van der Waals surface area contributed by atoms with Gasteiger partial charge in [0, 0.05) is 25.3 Å². The molecule has 0 atom stereocenters. The SMILES string of the molecule is CS(=O)(=O)Nc1ccc2c(c1)CCC1(CCN(CCc3ccc(C#N)cc3)CC1)O2. The smallest absolute Gasteiger partial charge is 0.229 e. The highest BCUT2D eigenvalue weighted by Crippen LogP contribution is 2.40. The number of aryl methyl sites for hydroxylation is 1. The Hall–Kier alpha value is -2.56. The van der Waals surface area contributed by atoms with Crippen LogP contribution in [0.15, 0.2) is 42.5 Å². The summed E-state index contributed by atoms with van der Waals surface area (Å²) in [6.07, 6.45) is 6.02. The van der Waals surface area contributed by atoms with Gasteiger partial charge < -0.3 is 9.64 Å². The Morgan fingerprint density at radius 3 is 2.53 bits per heavy atom. The normalized spacial score (nSPS) is 18.3. The van der Waals surface area contributed by atoms with Crippen molar-refractivity contribution >= 4 is 15.7 Å². The predicted octanol–water partition coefficient (Wildman–Crippen LogP) is 3.33. The third-order valence-corrected chi connectivity index (χ3v) is 6.71. The number of sulfonamides is 1. The molecule has 2 aliphatic heterocycles. The van der Waals surface area contributed by atoms with Crippen molar-refractivity contribution in [3.63, 3.8) is 0 Å². The van der Waals surface area contributed by atoms with Crippen LogP contribution in [-0.4, -0.2) is 44.8 Å². The number of fused-ring (bicyclic) bond motifs is 1. The van der Waals surface area contributed by atoms with Gasteiger partial charge in [0.15, 0.2) is 0 Å². The molecule has 7 heteroatoms. The van der Waals surface area contributed by atoms with Crippen LogP contribution in [0.25, 0.3) is 0 Å². The lowest BCUT2D eigenvalue weighted by molar-refractivity contribution is -0.0141. The molecule has 2 aromatic carbocycles. The molecule has 2 aliphatic rings. The zero-order valence-electron chi connectivity index (χ0n) is 17.2. The van der Waals surface area contributed by atoms with Gasteiger partial charge >= 0.3 is 0 Å². The maximum absolute atomic E-state index is 11.5. The van der Waals surface area contributed by atoms with Crippen LogP contribution in [0.5, 0.6) is 5.75 Å². The van der Waals surface area contributed by atoms with Crippen LogP contribution in [-0.2, 0) is 22.9 Å². The Kier molecular flexibility index (Phi) is 5.72. The zero-order valence-corrected chi connectivity index (χ0v) is 18.0. The van der Waals surface area contributed by atoms with Gasteiger partial charge in [0.05, 0.1) is 17.9 Å². The first-order valence-electron chi connectivity index (χ1n) is 10.4. The van der Waals surface area contributed by atoms with Crippen molar-refractivity contribution in [2.45, 2.75) is 37.7 Å². The number of nitrogens with one attached hydrogen (secondary N) is 1. The largest absolute Gasteiger partial charge is 0.487 e. The number of likely N-dealkylation sites (tertiary alicyclic amines) is 1. The summed E-state index contributed by atoms with van der Waals surface area (Å²) in [4.78, 5) is 2.49. The third-order valence-electron chi connectivity index (χ3n) is 6.11. The number of rotatable bonds is 5. The molecule has 0 aliphatic carbocycles. The monoisotopic (exact) mass is 425 g/mol. The van der Waals surface area contributed by atoms with Crippen molar-refractivity contribution in [3.05, 3.63) is 59.2 Å². The highest BCUT2D eigenvalue weighted by Gasteiger charge is 2.39. The molecule has 0 aromatic heterocycles. The Labute approximate surface area is 178 Å². The van der Waals surface area contributed by atoms with Crippen LogP contribution in [0.3, 0.4) is 0 Å². The number of hydrogen-bond acceptors (Lipinski definition) is 5. The van der Waals surface area contributed by atoms with E-state index in [1.54, 1.807) is 6.07 Å². The number of nitriles is 1. The molecule has 1 N–H and O–H groups in total. The van der Waals surface area contributed by atoms with Crippen molar-refractivity contribution in [1.29, 1.82) is 5.26 Å². The summed E-state index contributed by atoms with van der Waals surface area (Å²) in [7, 11) is -3.28. The summed E-state index contributed by atoms with van der Waals surface area (Å²) < 4.78 is 31.9. The molecular weight excluding hydrogens is 398 g/mol. The molecule has 0 bridgehead atoms. The molecule has 30 heavy (non-hydrogen) atoms. The number of piperidine rings is 1. The third kappa shape index (κ3) is 4.94. The van der Waals surface area contributed by atoms with Gasteiger partial charge in [-0.25, -0.2) is 8.42 Å². The molecule has 0 saturated carbocycles. The Morgan fingerprint density at radius 2 is 1.87 bits per heavy atom. The topological polar surface area (TPSA) is 82.4 Å². The van der Waals surface area contributed by atoms with Crippen LogP contribution in [0.1, 0.15) is 36.0 Å². The molecule has 1 fully saturated rings. The minimum absolute atomic E-state index is 0.107. The van der Waals surface area contributed by atoms with Crippen molar-refractivity contribution in [2.24, 2.45) is 0 Å². The van der Waals surface area contributed by atoms with E-state index in [9.17, 15) is 8.42 Å². The van der Waals surface area contributed by atoms with Gasteiger partial charge in [-0.3, -0.25) is 4.72 Å². The highest BCUT2D eigenvalue weighted by molar-refractivity contribution is 7.92. The van der Waals surface area contributed by atoms with Gasteiger partial charge in [-0.05, 0) is 73.6 Å². The number of benzene rings is 2. The van der Waals surface area contributed by atoms with Gasteiger partial charge in [0.1, 0.15) is 11.4 Å². The molecule has 0 amide bonds. The van der Waals surface area contributed by atoms with Crippen LogP contribution in [0.4, 0.5) is 5.69 Å². The number of ether oxygens (including phenoxy) is 1. The molecular formula is C23H27N3O3S. The van der Waals surface area contributed by atoms with Gasteiger partial charge in [0.2, 0.25) is 10.0 Å². The Balaban J connectivity index is 1.32. The lowest BCUT2D eigenvalue weighted by Crippen LogP contribution is -2.50. The fourth-order valence-corrected chi connectivity index (χ4v) is 4.92. The fraction of sp³-hybridized carbons (Fsp3) is 0.435. The Bertz CT molecular complexity index is 1050. The van der Waals surface area contributed by atoms with E-state index < -0.39 is 10.0 Å². The molecule has 1 saturated heterocycles. The predicted molar refractivity (Wildman–Crippen MR) is 117 cm³/mol. The van der Waals surface area contributed by atoms with Crippen LogP contribution in [0, 0.1) is 11.3 Å². The summed E-state index contributed by atoms with van der Waals surface area (Å²) in [5.41, 5.74) is 3.51. The summed E-state index contributed by atoms with van der Waals surface area (Å²) in [6.45, 7) is 3.04. The highest BCUT2D eigenvalue weighted by atomic mass is 32.2. The van der Waals surface area contributed by atoms with E-state index in [0.717, 1.165) is 69.3 Å². The molecule has 1 spiro atoms. The molecule has 4 rings (SSSR count). The van der Waals surface area contributed by atoms with E-state index in [0.29, 0.717) is 11.3 Å². The molecule has 0 unspecified atom stereocenters. The first kappa shape index (κ1) is 20.7. The van der Waals surface area contributed by atoms with Crippen molar-refractivity contribution in [2.75, 3.05) is 30.6 Å². The maximum Gasteiger partial charge on any atom is 0.229 e. The van der Waals surface area contributed by atoms with Crippen molar-refractivity contribution in [1.82, 2.24) is 4.90 Å². The number of hydrogen-bond donors (Lipinski definition) is 1. The molecule has 6 nitrogen and oxygen atoms in total. The van der Waals surface area contributed by atoms with Gasteiger partial charge in [0.25, 0.3) is 0 Å². The summed E-state index contributed by atoms with van der Waals surface area (Å²) in [5.74, 6) is 0.881. The Morgan fingerprint density at radius 1 is 1.13 bits per heavy atom. The standard InChI is InChI=1S/C23H27N3O3S/c1-30(27,28)25-21-6-7-22-20(16-21)8-10-23(29-22)11-14-26(15-12-23)13-9-18-2-4-19(17-24)5-3-18/h2-7,16,25H,8-15H2,1H3.